The molecule has 15 heteroatoms. The fourth-order valence-corrected chi connectivity index (χ4v) is 6.49. The molecule has 2 heterocycles. The highest BCUT2D eigenvalue weighted by molar-refractivity contribution is 7.59. The van der Waals surface area contributed by atoms with E-state index in [1.165, 1.54) is 0 Å². The number of benzene rings is 1. The van der Waals surface area contributed by atoms with E-state index in [0.717, 1.165) is 18.4 Å². The predicted molar refractivity (Wildman–Crippen MR) is 178 cm³/mol. The SMILES string of the molecule is C.CC(C)COC(=O)C(Cc1ccccc1)NP(=O)(COCCn1cnc2c(NC3CC3)nc(N)nc21)NC(C)C(=O)OC(C)C. The molecule has 2 aromatic heterocycles. The second-order valence-corrected chi connectivity index (χ2v) is 14.2. The number of esters is 2. The summed E-state index contributed by atoms with van der Waals surface area (Å²) in [5.74, 6) is -0.293. The van der Waals surface area contributed by atoms with Gasteiger partial charge in [0.2, 0.25) is 13.4 Å². The van der Waals surface area contributed by atoms with Crippen LogP contribution in [0.1, 0.15) is 60.5 Å². The molecule has 3 atom stereocenters. The number of nitrogens with one attached hydrogen (secondary N) is 3. The highest BCUT2D eigenvalue weighted by atomic mass is 31.2. The molecular weight excluding hydrogens is 611 g/mol. The van der Waals surface area contributed by atoms with Crippen LogP contribution in [-0.4, -0.2) is 75.2 Å². The second-order valence-electron chi connectivity index (χ2n) is 12.0. The van der Waals surface area contributed by atoms with E-state index in [2.05, 4.69) is 30.4 Å². The molecule has 4 rings (SSSR count). The van der Waals surface area contributed by atoms with Crippen molar-refractivity contribution in [2.45, 2.75) is 92.1 Å². The van der Waals surface area contributed by atoms with Gasteiger partial charge in [-0.05, 0) is 51.5 Å². The lowest BCUT2D eigenvalue weighted by Gasteiger charge is -2.28. The van der Waals surface area contributed by atoms with Gasteiger partial charge in [-0.2, -0.15) is 9.97 Å². The van der Waals surface area contributed by atoms with E-state index < -0.39 is 31.5 Å². The van der Waals surface area contributed by atoms with Gasteiger partial charge in [-0.3, -0.25) is 14.2 Å². The minimum atomic E-state index is -3.75. The summed E-state index contributed by atoms with van der Waals surface area (Å²) >= 11 is 0. The van der Waals surface area contributed by atoms with Crippen molar-refractivity contribution >= 4 is 42.3 Å². The standard InChI is InChI=1S/C30H45N8O6P.CH4/c1-19(2)16-43-29(40)24(15-22-9-7-6-8-10-22)37-45(41,36-21(5)28(39)44-20(3)4)18-42-14-13-38-17-32-25-26(33-23-11-12-23)34-30(31)35-27(25)38;/h6-10,17,19-21,23-24H,11-16,18H2,1-5H3,(H2,36,37,41)(H3,31,33,34,35);1H4. The van der Waals surface area contributed by atoms with E-state index >= 15 is 0 Å². The number of carbonyl (C=O) groups is 2. The predicted octanol–water partition coefficient (Wildman–Crippen LogP) is 4.12. The van der Waals surface area contributed by atoms with Crippen LogP contribution >= 0.6 is 7.44 Å². The van der Waals surface area contributed by atoms with Crippen LogP contribution in [0.25, 0.3) is 11.2 Å². The molecule has 0 bridgehead atoms. The Labute approximate surface area is 271 Å². The number of fused-ring (bicyclic) bond motifs is 1. The maximum Gasteiger partial charge on any atom is 0.323 e. The monoisotopic (exact) mass is 660 g/mol. The van der Waals surface area contributed by atoms with Crippen LogP contribution < -0.4 is 21.2 Å². The van der Waals surface area contributed by atoms with Crippen LogP contribution in [0.5, 0.6) is 0 Å². The Balaban J connectivity index is 0.00000576. The number of rotatable bonds is 18. The maximum absolute atomic E-state index is 14.4. The number of anilines is 2. The van der Waals surface area contributed by atoms with Gasteiger partial charge in [0, 0.05) is 12.6 Å². The highest BCUT2D eigenvalue weighted by Crippen LogP contribution is 2.38. The summed E-state index contributed by atoms with van der Waals surface area (Å²) in [6, 6.07) is 7.78. The van der Waals surface area contributed by atoms with Crippen molar-refractivity contribution in [3.8, 4) is 0 Å². The number of nitrogens with two attached hydrogens (primary N) is 1. The molecule has 3 aromatic rings. The topological polar surface area (TPSA) is 185 Å². The van der Waals surface area contributed by atoms with Gasteiger partial charge >= 0.3 is 11.9 Å². The summed E-state index contributed by atoms with van der Waals surface area (Å²) in [4.78, 5) is 39.0. The van der Waals surface area contributed by atoms with Crippen molar-refractivity contribution < 1.29 is 28.4 Å². The van der Waals surface area contributed by atoms with Crippen LogP contribution in [0.15, 0.2) is 36.7 Å². The van der Waals surface area contributed by atoms with Crippen LogP contribution in [0.4, 0.5) is 11.8 Å². The Morgan fingerprint density at radius 1 is 1.07 bits per heavy atom. The van der Waals surface area contributed by atoms with Crippen molar-refractivity contribution in [3.05, 3.63) is 42.2 Å². The van der Waals surface area contributed by atoms with E-state index in [9.17, 15) is 14.2 Å². The minimum Gasteiger partial charge on any atom is -0.464 e. The summed E-state index contributed by atoms with van der Waals surface area (Å²) in [5, 5.41) is 9.18. The molecular formula is C31H49N8O6P. The fraction of sp³-hybridized carbons (Fsp3) is 0.581. The van der Waals surface area contributed by atoms with E-state index in [4.69, 9.17) is 19.9 Å². The van der Waals surface area contributed by atoms with Crippen molar-refractivity contribution in [2.24, 2.45) is 5.92 Å². The maximum atomic E-state index is 14.4. The first kappa shape index (κ1) is 36.9. The Morgan fingerprint density at radius 2 is 1.78 bits per heavy atom. The number of carbonyl (C=O) groups excluding carboxylic acids is 2. The summed E-state index contributed by atoms with van der Waals surface area (Å²) in [6.45, 7) is 9.54. The molecule has 0 radical (unpaired) electrons. The zero-order valence-corrected chi connectivity index (χ0v) is 27.5. The molecule has 0 amide bonds. The molecule has 0 aliphatic heterocycles. The van der Waals surface area contributed by atoms with Crippen LogP contribution in [0.2, 0.25) is 0 Å². The van der Waals surface area contributed by atoms with E-state index in [1.807, 2.05) is 44.2 Å². The molecule has 0 spiro atoms. The van der Waals surface area contributed by atoms with Gasteiger partial charge in [-0.25, -0.2) is 15.2 Å². The first-order chi connectivity index (χ1) is 21.4. The Hall–Kier alpha value is -3.58. The number of aromatic nitrogens is 4. The number of hydrogen-bond donors (Lipinski definition) is 4. The zero-order valence-electron chi connectivity index (χ0n) is 26.6. The number of imidazole rings is 1. The first-order valence-electron chi connectivity index (χ1n) is 15.3. The summed E-state index contributed by atoms with van der Waals surface area (Å²) in [6.07, 6.45) is 3.29. The van der Waals surface area contributed by atoms with Gasteiger partial charge in [-0.15, -0.1) is 0 Å². The first-order valence-corrected chi connectivity index (χ1v) is 17.2. The third-order valence-electron chi connectivity index (χ3n) is 6.75. The molecule has 3 unspecified atom stereocenters. The van der Waals surface area contributed by atoms with E-state index in [1.54, 1.807) is 31.7 Å². The summed E-state index contributed by atoms with van der Waals surface area (Å²) in [7, 11) is -3.75. The van der Waals surface area contributed by atoms with Crippen LogP contribution in [-0.2, 0) is 41.3 Å². The van der Waals surface area contributed by atoms with Crippen LogP contribution in [0.3, 0.4) is 0 Å². The zero-order chi connectivity index (χ0) is 32.6. The van der Waals surface area contributed by atoms with Gasteiger partial charge in [0.1, 0.15) is 18.4 Å². The second kappa shape index (κ2) is 16.8. The Morgan fingerprint density at radius 3 is 2.43 bits per heavy atom. The molecule has 5 N–H and O–H groups in total. The number of nitrogens with zero attached hydrogens (tertiary/aromatic N) is 4. The molecule has 254 valence electrons. The molecule has 1 aliphatic carbocycles. The molecule has 1 saturated carbocycles. The molecule has 1 aliphatic rings. The number of ether oxygens (including phenoxy) is 3. The highest BCUT2D eigenvalue weighted by Gasteiger charge is 2.34. The fourth-order valence-electron chi connectivity index (χ4n) is 4.45. The molecule has 1 fully saturated rings. The molecule has 1 aromatic carbocycles. The number of nitrogen functional groups attached to an aromatic ring is 1. The smallest absolute Gasteiger partial charge is 0.323 e. The van der Waals surface area contributed by atoms with Crippen molar-refractivity contribution in [3.63, 3.8) is 0 Å². The van der Waals surface area contributed by atoms with Gasteiger partial charge in [0.05, 0.1) is 25.6 Å². The minimum absolute atomic E-state index is 0. The summed E-state index contributed by atoms with van der Waals surface area (Å²) < 4.78 is 32.9. The lowest BCUT2D eigenvalue weighted by Crippen LogP contribution is -2.45. The summed E-state index contributed by atoms with van der Waals surface area (Å²) in [5.41, 5.74) is 7.96. The van der Waals surface area contributed by atoms with Crippen molar-refractivity contribution in [2.75, 3.05) is 30.6 Å². The average molecular weight is 661 g/mol. The third-order valence-corrected chi connectivity index (χ3v) is 8.83. The number of hydrogen-bond acceptors (Lipinski definition) is 11. The Kier molecular flexibility index (Phi) is 13.5. The lowest BCUT2D eigenvalue weighted by atomic mass is 10.1. The Bertz CT molecular complexity index is 1480. The third kappa shape index (κ3) is 11.0. The molecule has 46 heavy (non-hydrogen) atoms. The molecule has 0 saturated heterocycles. The average Bonchev–Trinajstić information content (AvgIpc) is 3.71. The van der Waals surface area contributed by atoms with Crippen LogP contribution in [0, 0.1) is 5.92 Å². The quantitative estimate of drug-likeness (QED) is 0.0869. The van der Waals surface area contributed by atoms with Gasteiger partial charge in [0.15, 0.2) is 17.0 Å². The van der Waals surface area contributed by atoms with Gasteiger partial charge in [0.25, 0.3) is 0 Å². The van der Waals surface area contributed by atoms with Crippen molar-refractivity contribution in [1.82, 2.24) is 29.7 Å². The van der Waals surface area contributed by atoms with Crippen molar-refractivity contribution in [1.29, 1.82) is 0 Å². The van der Waals surface area contributed by atoms with E-state index in [-0.39, 0.29) is 51.4 Å². The van der Waals surface area contributed by atoms with Gasteiger partial charge in [-0.1, -0.05) is 51.6 Å². The van der Waals surface area contributed by atoms with Gasteiger partial charge < -0.3 is 29.8 Å². The largest absolute Gasteiger partial charge is 0.464 e. The normalized spacial score (nSPS) is 15.6. The van der Waals surface area contributed by atoms with E-state index in [0.29, 0.717) is 29.6 Å². The molecule has 14 nitrogen and oxygen atoms in total. The lowest BCUT2D eigenvalue weighted by molar-refractivity contribution is -0.149.